The fourth-order valence-corrected chi connectivity index (χ4v) is 2.83. The highest BCUT2D eigenvalue weighted by molar-refractivity contribution is 5.94. The molecule has 0 bridgehead atoms. The summed E-state index contributed by atoms with van der Waals surface area (Å²) in [4.78, 5) is 23.9. The lowest BCUT2D eigenvalue weighted by Gasteiger charge is -2.12. The molecule has 126 valence electrons. The average Bonchev–Trinajstić information content (AvgIpc) is 3.05. The van der Waals surface area contributed by atoms with Crippen molar-refractivity contribution >= 4 is 11.8 Å². The third kappa shape index (κ3) is 3.46. The molecule has 24 heavy (non-hydrogen) atoms. The molecule has 0 saturated carbocycles. The summed E-state index contributed by atoms with van der Waals surface area (Å²) in [6, 6.07) is 7.39. The monoisotopic (exact) mass is 327 g/mol. The van der Waals surface area contributed by atoms with Gasteiger partial charge in [-0.25, -0.2) is 0 Å². The van der Waals surface area contributed by atoms with Crippen molar-refractivity contribution in [2.45, 2.75) is 19.4 Å². The third-order valence-electron chi connectivity index (χ3n) is 4.14. The first-order valence-electron chi connectivity index (χ1n) is 8.05. The zero-order chi connectivity index (χ0) is 16.9. The normalized spacial score (nSPS) is 13.2. The summed E-state index contributed by atoms with van der Waals surface area (Å²) in [5.74, 6) is -0.282. The lowest BCUT2D eigenvalue weighted by Crippen LogP contribution is -2.29. The fraction of sp³-hybridized carbons (Fsp3) is 0.353. The van der Waals surface area contributed by atoms with Crippen molar-refractivity contribution in [2.75, 3.05) is 20.1 Å². The Bertz CT molecular complexity index is 753. The van der Waals surface area contributed by atoms with Crippen molar-refractivity contribution in [1.29, 1.82) is 0 Å². The lowest BCUT2D eigenvalue weighted by atomic mass is 10.1. The van der Waals surface area contributed by atoms with E-state index >= 15 is 0 Å². The second-order valence-corrected chi connectivity index (χ2v) is 5.74. The number of H-pyrrole nitrogens is 1. The number of carbonyl (C=O) groups excluding carboxylic acids is 2. The van der Waals surface area contributed by atoms with E-state index < -0.39 is 0 Å². The molecule has 7 nitrogen and oxygen atoms in total. The molecule has 2 aromatic rings. The summed E-state index contributed by atoms with van der Waals surface area (Å²) in [7, 11) is 1.61. The number of aromatic nitrogens is 2. The topological polar surface area (TPSA) is 98.9 Å². The number of benzene rings is 1. The van der Waals surface area contributed by atoms with Crippen LogP contribution >= 0.6 is 0 Å². The predicted molar refractivity (Wildman–Crippen MR) is 89.9 cm³/mol. The molecule has 7 heteroatoms. The molecular weight excluding hydrogens is 306 g/mol. The molecule has 3 rings (SSSR count). The van der Waals surface area contributed by atoms with E-state index in [-0.39, 0.29) is 11.8 Å². The number of carbonyl (C=O) groups is 2. The first-order valence-corrected chi connectivity index (χ1v) is 8.05. The highest BCUT2D eigenvalue weighted by Crippen LogP contribution is 2.15. The number of aromatic amines is 1. The van der Waals surface area contributed by atoms with Crippen LogP contribution in [0.1, 0.15) is 37.7 Å². The molecule has 0 spiro atoms. The van der Waals surface area contributed by atoms with Crippen LogP contribution in [-0.4, -0.2) is 42.1 Å². The molecular formula is C17H21N5O2. The Hall–Kier alpha value is -2.67. The van der Waals surface area contributed by atoms with Gasteiger partial charge in [-0.15, -0.1) is 0 Å². The van der Waals surface area contributed by atoms with Gasteiger partial charge in [0.25, 0.3) is 11.8 Å². The maximum absolute atomic E-state index is 12.3. The van der Waals surface area contributed by atoms with E-state index in [9.17, 15) is 9.59 Å². The van der Waals surface area contributed by atoms with Crippen molar-refractivity contribution in [3.05, 3.63) is 52.3 Å². The molecule has 1 aliphatic rings. The predicted octanol–water partition coefficient (Wildman–Crippen LogP) is 0.388. The van der Waals surface area contributed by atoms with E-state index in [0.29, 0.717) is 30.8 Å². The van der Waals surface area contributed by atoms with Gasteiger partial charge in [-0.2, -0.15) is 5.10 Å². The van der Waals surface area contributed by atoms with Gasteiger partial charge in [0.1, 0.15) is 0 Å². The number of rotatable bonds is 5. The van der Waals surface area contributed by atoms with Crippen LogP contribution in [0.4, 0.5) is 0 Å². The third-order valence-corrected chi connectivity index (χ3v) is 4.14. The maximum atomic E-state index is 12.3. The number of fused-ring (bicyclic) bond motifs is 1. The van der Waals surface area contributed by atoms with Crippen LogP contribution in [0.2, 0.25) is 0 Å². The highest BCUT2D eigenvalue weighted by atomic mass is 16.2. The number of hydrogen-bond donors (Lipinski definition) is 4. The number of hydrogen-bond acceptors (Lipinski definition) is 4. The van der Waals surface area contributed by atoms with E-state index in [1.807, 2.05) is 18.2 Å². The van der Waals surface area contributed by atoms with E-state index in [4.69, 9.17) is 0 Å². The number of amides is 2. The number of nitrogens with one attached hydrogen (secondary N) is 4. The molecule has 0 aliphatic carbocycles. The van der Waals surface area contributed by atoms with Gasteiger partial charge in [-0.05, 0) is 24.1 Å². The average molecular weight is 327 g/mol. The first-order chi connectivity index (χ1) is 11.7. The second-order valence-electron chi connectivity index (χ2n) is 5.74. The quantitative estimate of drug-likeness (QED) is 0.638. The molecule has 1 aromatic carbocycles. The molecule has 0 unspecified atom stereocenters. The Balaban J connectivity index is 1.58. The maximum Gasteiger partial charge on any atom is 0.272 e. The molecule has 2 heterocycles. The zero-order valence-corrected chi connectivity index (χ0v) is 13.6. The van der Waals surface area contributed by atoms with Crippen molar-refractivity contribution in [1.82, 2.24) is 26.1 Å². The van der Waals surface area contributed by atoms with Crippen LogP contribution in [0.3, 0.4) is 0 Å². The standard InChI is InChI=1S/C17H21N5O2/c1-18-16(23)12-4-2-3-11(9-12)5-8-20-17(24)15-13-10-19-7-6-14(13)21-22-15/h2-4,9,19H,5-8,10H2,1H3,(H,18,23)(H,20,24)(H,21,22). The van der Waals surface area contributed by atoms with Gasteiger partial charge in [0, 0.05) is 49.9 Å². The summed E-state index contributed by atoms with van der Waals surface area (Å²) in [5, 5.41) is 15.8. The summed E-state index contributed by atoms with van der Waals surface area (Å²) >= 11 is 0. The minimum absolute atomic E-state index is 0.114. The Morgan fingerprint density at radius 3 is 3.00 bits per heavy atom. The van der Waals surface area contributed by atoms with Crippen molar-refractivity contribution in [3.63, 3.8) is 0 Å². The van der Waals surface area contributed by atoms with Crippen LogP contribution in [0.5, 0.6) is 0 Å². The van der Waals surface area contributed by atoms with Crippen LogP contribution < -0.4 is 16.0 Å². The van der Waals surface area contributed by atoms with E-state index in [1.165, 1.54) is 0 Å². The Morgan fingerprint density at radius 1 is 1.29 bits per heavy atom. The van der Waals surface area contributed by atoms with Crippen LogP contribution in [0.25, 0.3) is 0 Å². The second kappa shape index (κ2) is 7.27. The van der Waals surface area contributed by atoms with Gasteiger partial charge >= 0.3 is 0 Å². The molecule has 0 radical (unpaired) electrons. The van der Waals surface area contributed by atoms with Gasteiger partial charge in [0.15, 0.2) is 5.69 Å². The van der Waals surface area contributed by atoms with Gasteiger partial charge < -0.3 is 16.0 Å². The molecule has 4 N–H and O–H groups in total. The Kier molecular flexibility index (Phi) is 4.90. The van der Waals surface area contributed by atoms with E-state index in [0.717, 1.165) is 29.8 Å². The summed E-state index contributed by atoms with van der Waals surface area (Å²) < 4.78 is 0. The van der Waals surface area contributed by atoms with Gasteiger partial charge in [0.2, 0.25) is 0 Å². The lowest BCUT2D eigenvalue weighted by molar-refractivity contribution is 0.0943. The van der Waals surface area contributed by atoms with Crippen LogP contribution in [0, 0.1) is 0 Å². The SMILES string of the molecule is CNC(=O)c1cccc(CCNC(=O)c2n[nH]c3c2CNCC3)c1. The molecule has 2 amide bonds. The summed E-state index contributed by atoms with van der Waals surface area (Å²) in [6.45, 7) is 2.06. The molecule has 0 atom stereocenters. The van der Waals surface area contributed by atoms with Crippen molar-refractivity contribution < 1.29 is 9.59 Å². The van der Waals surface area contributed by atoms with Crippen molar-refractivity contribution in [2.24, 2.45) is 0 Å². The molecule has 1 aromatic heterocycles. The molecule has 0 saturated heterocycles. The largest absolute Gasteiger partial charge is 0.355 e. The van der Waals surface area contributed by atoms with Gasteiger partial charge in [0.05, 0.1) is 0 Å². The van der Waals surface area contributed by atoms with Crippen molar-refractivity contribution in [3.8, 4) is 0 Å². The summed E-state index contributed by atoms with van der Waals surface area (Å²) in [5.41, 5.74) is 4.09. The smallest absolute Gasteiger partial charge is 0.272 e. The Morgan fingerprint density at radius 2 is 2.17 bits per heavy atom. The first kappa shape index (κ1) is 16.2. The van der Waals surface area contributed by atoms with Gasteiger partial charge in [-0.1, -0.05) is 12.1 Å². The molecule has 1 aliphatic heterocycles. The fourth-order valence-electron chi connectivity index (χ4n) is 2.83. The van der Waals surface area contributed by atoms with Crippen LogP contribution in [-0.2, 0) is 19.4 Å². The molecule has 0 fully saturated rings. The minimum Gasteiger partial charge on any atom is -0.355 e. The highest BCUT2D eigenvalue weighted by Gasteiger charge is 2.21. The zero-order valence-electron chi connectivity index (χ0n) is 13.6. The summed E-state index contributed by atoms with van der Waals surface area (Å²) in [6.07, 6.45) is 1.52. The van der Waals surface area contributed by atoms with E-state index in [2.05, 4.69) is 26.1 Å². The van der Waals surface area contributed by atoms with E-state index in [1.54, 1.807) is 13.1 Å². The van der Waals surface area contributed by atoms with Crippen LogP contribution in [0.15, 0.2) is 24.3 Å². The number of nitrogens with zero attached hydrogens (tertiary/aromatic N) is 1. The minimum atomic E-state index is -0.168. The Labute approximate surface area is 140 Å². The van der Waals surface area contributed by atoms with Gasteiger partial charge in [-0.3, -0.25) is 14.7 Å².